The number of fused-ring (bicyclic) bond motifs is 1. The minimum Gasteiger partial charge on any atom is -0.454 e. The van der Waals surface area contributed by atoms with Gasteiger partial charge in [0.1, 0.15) is 5.75 Å². The number of ether oxygens (including phenoxy) is 5. The summed E-state index contributed by atoms with van der Waals surface area (Å²) in [4.78, 5) is 4.15. The van der Waals surface area contributed by atoms with Crippen LogP contribution in [0.25, 0.3) is 0 Å². The molecule has 2 aliphatic rings. The molecule has 1 saturated heterocycles. The van der Waals surface area contributed by atoms with Crippen LogP contribution in [-0.2, 0) is 16.0 Å². The van der Waals surface area contributed by atoms with E-state index in [2.05, 4.69) is 20.4 Å². The molecule has 0 radical (unpaired) electrons. The first-order chi connectivity index (χ1) is 14.2. The van der Waals surface area contributed by atoms with Crippen LogP contribution in [0.5, 0.6) is 17.2 Å². The normalized spacial score (nSPS) is 16.9. The predicted molar refractivity (Wildman–Crippen MR) is 102 cm³/mol. The lowest BCUT2D eigenvalue weighted by atomic mass is 10.1. The highest BCUT2D eigenvalue weighted by atomic mass is 19.3. The summed E-state index contributed by atoms with van der Waals surface area (Å²) in [6.45, 7) is 0.208. The maximum atomic E-state index is 12.7. The molecule has 10 heteroatoms. The fourth-order valence-electron chi connectivity index (χ4n) is 3.08. The molecule has 29 heavy (non-hydrogen) atoms. The molecule has 0 aromatic heterocycles. The highest BCUT2D eigenvalue weighted by Crippen LogP contribution is 2.38. The number of hydrogen-bond acceptors (Lipinski definition) is 6. The maximum absolute atomic E-state index is 12.7. The minimum atomic E-state index is -2.93. The molecule has 1 fully saturated rings. The lowest BCUT2D eigenvalue weighted by Gasteiger charge is -2.22. The van der Waals surface area contributed by atoms with Gasteiger partial charge in [0.05, 0.1) is 6.10 Å². The Morgan fingerprint density at radius 2 is 1.97 bits per heavy atom. The van der Waals surface area contributed by atoms with E-state index >= 15 is 0 Å². The van der Waals surface area contributed by atoms with Gasteiger partial charge in [-0.1, -0.05) is 0 Å². The van der Waals surface area contributed by atoms with Crippen molar-refractivity contribution in [2.24, 2.45) is 4.99 Å². The van der Waals surface area contributed by atoms with Gasteiger partial charge in [-0.25, -0.2) is 0 Å². The van der Waals surface area contributed by atoms with Gasteiger partial charge in [0.25, 0.3) is 0 Å². The molecule has 0 spiro atoms. The van der Waals surface area contributed by atoms with E-state index in [0.717, 1.165) is 32.5 Å². The van der Waals surface area contributed by atoms with Gasteiger partial charge < -0.3 is 34.3 Å². The molecule has 2 heterocycles. The van der Waals surface area contributed by atoms with Gasteiger partial charge in [-0.05, 0) is 25.3 Å². The number of guanidine groups is 1. The zero-order valence-electron chi connectivity index (χ0n) is 16.4. The van der Waals surface area contributed by atoms with Crippen LogP contribution < -0.4 is 24.8 Å². The topological polar surface area (TPSA) is 82.6 Å². The van der Waals surface area contributed by atoms with Crippen LogP contribution in [0.4, 0.5) is 8.78 Å². The van der Waals surface area contributed by atoms with Gasteiger partial charge in [-0.15, -0.1) is 0 Å². The van der Waals surface area contributed by atoms with Crippen molar-refractivity contribution in [1.82, 2.24) is 10.6 Å². The van der Waals surface area contributed by atoms with Crippen molar-refractivity contribution in [3.63, 3.8) is 0 Å². The van der Waals surface area contributed by atoms with Gasteiger partial charge in [0.2, 0.25) is 6.79 Å². The quantitative estimate of drug-likeness (QED) is 0.364. The molecule has 2 aliphatic heterocycles. The van der Waals surface area contributed by atoms with Crippen molar-refractivity contribution >= 4 is 5.96 Å². The Bertz CT molecular complexity index is 684. The number of rotatable bonds is 9. The van der Waals surface area contributed by atoms with E-state index in [-0.39, 0.29) is 25.2 Å². The number of halogens is 2. The van der Waals surface area contributed by atoms with E-state index < -0.39 is 6.61 Å². The second-order valence-electron chi connectivity index (χ2n) is 6.58. The smallest absolute Gasteiger partial charge is 0.387 e. The predicted octanol–water partition coefficient (Wildman–Crippen LogP) is 2.27. The SMILES string of the molecule is CN=C(NCCCOC1CCOCC1)NCc1cc2c(cc1OC(F)F)OCO2. The Morgan fingerprint density at radius 3 is 2.69 bits per heavy atom. The molecule has 2 N–H and O–H groups in total. The van der Waals surface area contributed by atoms with Gasteiger partial charge in [-0.2, -0.15) is 8.78 Å². The summed E-state index contributed by atoms with van der Waals surface area (Å²) < 4.78 is 51.7. The van der Waals surface area contributed by atoms with Gasteiger partial charge in [0, 0.05) is 51.6 Å². The first-order valence-corrected chi connectivity index (χ1v) is 9.67. The Labute approximate surface area is 168 Å². The molecule has 8 nitrogen and oxygen atoms in total. The third-order valence-corrected chi connectivity index (χ3v) is 4.58. The molecule has 3 rings (SSSR count). The van der Waals surface area contributed by atoms with E-state index in [9.17, 15) is 8.78 Å². The Balaban J connectivity index is 1.44. The molecule has 0 bridgehead atoms. The summed E-state index contributed by atoms with van der Waals surface area (Å²) >= 11 is 0. The van der Waals surface area contributed by atoms with Gasteiger partial charge in [0.15, 0.2) is 17.5 Å². The molecule has 0 aliphatic carbocycles. The van der Waals surface area contributed by atoms with Crippen molar-refractivity contribution in [3.8, 4) is 17.2 Å². The molecular formula is C19H27F2N3O5. The number of nitrogens with zero attached hydrogens (tertiary/aromatic N) is 1. The van der Waals surface area contributed by atoms with Crippen LogP contribution in [0.3, 0.4) is 0 Å². The summed E-state index contributed by atoms with van der Waals surface area (Å²) in [5.74, 6) is 1.47. The van der Waals surface area contributed by atoms with Crippen molar-refractivity contribution in [2.45, 2.75) is 38.5 Å². The van der Waals surface area contributed by atoms with E-state index in [1.165, 1.54) is 6.07 Å². The fourth-order valence-corrected chi connectivity index (χ4v) is 3.08. The summed E-state index contributed by atoms with van der Waals surface area (Å²) in [6, 6.07) is 3.04. The molecule has 1 aromatic rings. The third kappa shape index (κ3) is 6.60. The number of alkyl halides is 2. The van der Waals surface area contributed by atoms with Crippen molar-refractivity contribution < 1.29 is 32.5 Å². The Morgan fingerprint density at radius 1 is 1.21 bits per heavy atom. The van der Waals surface area contributed by atoms with E-state index in [1.807, 2.05) is 0 Å². The molecule has 0 atom stereocenters. The number of nitrogens with one attached hydrogen (secondary N) is 2. The molecule has 0 unspecified atom stereocenters. The summed E-state index contributed by atoms with van der Waals surface area (Å²) in [6.07, 6.45) is 2.98. The highest BCUT2D eigenvalue weighted by Gasteiger charge is 2.20. The molecule has 1 aromatic carbocycles. The number of benzene rings is 1. The monoisotopic (exact) mass is 415 g/mol. The fraction of sp³-hybridized carbons (Fsp3) is 0.632. The van der Waals surface area contributed by atoms with Crippen molar-refractivity contribution in [3.05, 3.63) is 17.7 Å². The molecule has 0 saturated carbocycles. The second-order valence-corrected chi connectivity index (χ2v) is 6.58. The highest BCUT2D eigenvalue weighted by molar-refractivity contribution is 5.79. The maximum Gasteiger partial charge on any atom is 0.387 e. The third-order valence-electron chi connectivity index (χ3n) is 4.58. The Kier molecular flexibility index (Phi) is 8.12. The first kappa shape index (κ1) is 21.4. The average molecular weight is 415 g/mol. The summed E-state index contributed by atoms with van der Waals surface area (Å²) in [7, 11) is 1.64. The molecule has 162 valence electrons. The van der Waals surface area contributed by atoms with E-state index in [1.54, 1.807) is 13.1 Å². The van der Waals surface area contributed by atoms with Crippen LogP contribution >= 0.6 is 0 Å². The van der Waals surface area contributed by atoms with Crippen LogP contribution in [-0.4, -0.2) is 58.9 Å². The van der Waals surface area contributed by atoms with Crippen LogP contribution in [0.15, 0.2) is 17.1 Å². The lowest BCUT2D eigenvalue weighted by Crippen LogP contribution is -2.37. The lowest BCUT2D eigenvalue weighted by molar-refractivity contribution is -0.0505. The number of hydrogen-bond donors (Lipinski definition) is 2. The van der Waals surface area contributed by atoms with Crippen molar-refractivity contribution in [1.29, 1.82) is 0 Å². The van der Waals surface area contributed by atoms with Crippen molar-refractivity contribution in [2.75, 3.05) is 40.2 Å². The van der Waals surface area contributed by atoms with Crippen LogP contribution in [0, 0.1) is 0 Å². The largest absolute Gasteiger partial charge is 0.454 e. The van der Waals surface area contributed by atoms with Crippen LogP contribution in [0.1, 0.15) is 24.8 Å². The van der Waals surface area contributed by atoms with E-state index in [4.69, 9.17) is 18.9 Å². The van der Waals surface area contributed by atoms with Crippen LogP contribution in [0.2, 0.25) is 0 Å². The first-order valence-electron chi connectivity index (χ1n) is 9.67. The molecule has 0 amide bonds. The molecular weight excluding hydrogens is 388 g/mol. The standard InChI is InChI=1S/C19H27F2N3O5/c1-22-19(23-5-2-6-26-14-3-7-25-8-4-14)24-11-13-9-16-17(28-12-27-16)10-15(13)29-18(20)21/h9-10,14,18H,2-8,11-12H2,1H3,(H2,22,23,24). The van der Waals surface area contributed by atoms with Gasteiger partial charge >= 0.3 is 6.61 Å². The summed E-state index contributed by atoms with van der Waals surface area (Å²) in [5.41, 5.74) is 0.514. The zero-order chi connectivity index (χ0) is 20.5. The Hall–Kier alpha value is -2.33. The zero-order valence-corrected chi connectivity index (χ0v) is 16.4. The summed E-state index contributed by atoms with van der Waals surface area (Å²) in [5, 5.41) is 6.27. The minimum absolute atomic E-state index is 0.0389. The van der Waals surface area contributed by atoms with E-state index in [0.29, 0.717) is 36.2 Å². The average Bonchev–Trinajstić information content (AvgIpc) is 3.17. The second kappa shape index (κ2) is 11.0. The number of aliphatic imine (C=N–C) groups is 1. The van der Waals surface area contributed by atoms with Gasteiger partial charge in [-0.3, -0.25) is 4.99 Å².